The van der Waals surface area contributed by atoms with E-state index in [0.717, 1.165) is 30.2 Å². The van der Waals surface area contributed by atoms with Gasteiger partial charge >= 0.3 is 0 Å². The summed E-state index contributed by atoms with van der Waals surface area (Å²) in [5.74, 6) is 1.38. The molecule has 2 N–H and O–H groups in total. The van der Waals surface area contributed by atoms with Gasteiger partial charge in [-0.3, -0.25) is 0 Å². The molecular formula is C16H17ClN2O2. The van der Waals surface area contributed by atoms with Crippen molar-refractivity contribution in [2.24, 2.45) is 0 Å². The molecule has 2 aromatic rings. The van der Waals surface area contributed by atoms with Crippen molar-refractivity contribution in [1.29, 1.82) is 0 Å². The van der Waals surface area contributed by atoms with E-state index >= 15 is 0 Å². The van der Waals surface area contributed by atoms with Gasteiger partial charge in [0.05, 0.1) is 24.9 Å². The van der Waals surface area contributed by atoms with E-state index in [1.807, 2.05) is 18.2 Å². The van der Waals surface area contributed by atoms with Crippen LogP contribution in [-0.2, 0) is 13.1 Å². The van der Waals surface area contributed by atoms with Gasteiger partial charge in [0.25, 0.3) is 0 Å². The molecule has 4 nitrogen and oxygen atoms in total. The summed E-state index contributed by atoms with van der Waals surface area (Å²) in [5, 5.41) is 0.541. The van der Waals surface area contributed by atoms with Crippen LogP contribution in [-0.4, -0.2) is 14.2 Å². The molecule has 3 rings (SSSR count). The van der Waals surface area contributed by atoms with Crippen LogP contribution in [0.3, 0.4) is 0 Å². The fourth-order valence-electron chi connectivity index (χ4n) is 2.68. The number of nitrogens with two attached hydrogens (primary N) is 1. The number of ether oxygens (including phenoxy) is 2. The molecule has 1 heterocycles. The molecule has 1 aliphatic heterocycles. The zero-order valence-corrected chi connectivity index (χ0v) is 12.8. The van der Waals surface area contributed by atoms with Gasteiger partial charge in [0, 0.05) is 30.9 Å². The van der Waals surface area contributed by atoms with Crippen LogP contribution < -0.4 is 20.1 Å². The summed E-state index contributed by atoms with van der Waals surface area (Å²) in [6.07, 6.45) is 0. The summed E-state index contributed by atoms with van der Waals surface area (Å²) in [4.78, 5) is 2.22. The minimum atomic E-state index is 0.541. The molecule has 0 radical (unpaired) electrons. The van der Waals surface area contributed by atoms with Gasteiger partial charge in [0.1, 0.15) is 11.5 Å². The van der Waals surface area contributed by atoms with Gasteiger partial charge in [-0.15, -0.1) is 0 Å². The Morgan fingerprint density at radius 2 is 1.71 bits per heavy atom. The van der Waals surface area contributed by atoms with Crippen molar-refractivity contribution in [3.05, 3.63) is 46.5 Å². The molecule has 0 fully saturated rings. The predicted octanol–water partition coefficient (Wildman–Crippen LogP) is 3.46. The smallest absolute Gasteiger partial charge is 0.143 e. The van der Waals surface area contributed by atoms with E-state index in [9.17, 15) is 0 Å². The zero-order valence-electron chi connectivity index (χ0n) is 12.0. The largest absolute Gasteiger partial charge is 0.495 e. The van der Waals surface area contributed by atoms with Crippen LogP contribution in [0.15, 0.2) is 30.3 Å². The SMILES string of the molecule is COc1cc(N2Cc3ccc(N)cc3C2)c(OC)cc1Cl. The number of methoxy groups -OCH3 is 2. The van der Waals surface area contributed by atoms with Crippen LogP contribution in [0, 0.1) is 0 Å². The van der Waals surface area contributed by atoms with Crippen molar-refractivity contribution >= 4 is 23.0 Å². The van der Waals surface area contributed by atoms with Gasteiger partial charge in [-0.25, -0.2) is 0 Å². The topological polar surface area (TPSA) is 47.7 Å². The number of hydrogen-bond donors (Lipinski definition) is 1. The predicted molar refractivity (Wildman–Crippen MR) is 85.3 cm³/mol. The third-order valence-corrected chi connectivity index (χ3v) is 4.04. The van der Waals surface area contributed by atoms with Crippen LogP contribution in [0.4, 0.5) is 11.4 Å². The monoisotopic (exact) mass is 304 g/mol. The second kappa shape index (κ2) is 5.37. The molecule has 0 bridgehead atoms. The van der Waals surface area contributed by atoms with Crippen molar-refractivity contribution in [3.63, 3.8) is 0 Å². The maximum absolute atomic E-state index is 6.16. The fraction of sp³-hybridized carbons (Fsp3) is 0.250. The molecule has 0 spiro atoms. The molecule has 0 aliphatic carbocycles. The molecule has 110 valence electrons. The zero-order chi connectivity index (χ0) is 15.0. The highest BCUT2D eigenvalue weighted by Gasteiger charge is 2.23. The van der Waals surface area contributed by atoms with Gasteiger partial charge < -0.3 is 20.1 Å². The number of nitrogens with zero attached hydrogens (tertiary/aromatic N) is 1. The fourth-order valence-corrected chi connectivity index (χ4v) is 2.91. The van der Waals surface area contributed by atoms with Gasteiger partial charge in [-0.05, 0) is 23.3 Å². The lowest BCUT2D eigenvalue weighted by Crippen LogP contribution is -2.15. The molecule has 0 atom stereocenters. The van der Waals surface area contributed by atoms with Crippen LogP contribution in [0.25, 0.3) is 0 Å². The van der Waals surface area contributed by atoms with E-state index in [2.05, 4.69) is 11.0 Å². The van der Waals surface area contributed by atoms with Crippen molar-refractivity contribution < 1.29 is 9.47 Å². The average Bonchev–Trinajstić information content (AvgIpc) is 2.89. The Labute approximate surface area is 129 Å². The summed E-state index contributed by atoms with van der Waals surface area (Å²) < 4.78 is 10.8. The van der Waals surface area contributed by atoms with Crippen LogP contribution in [0.5, 0.6) is 11.5 Å². The molecule has 0 unspecified atom stereocenters. The van der Waals surface area contributed by atoms with E-state index in [1.165, 1.54) is 11.1 Å². The number of hydrogen-bond acceptors (Lipinski definition) is 4. The molecule has 5 heteroatoms. The average molecular weight is 305 g/mol. The van der Waals surface area contributed by atoms with Gasteiger partial charge in [-0.2, -0.15) is 0 Å². The lowest BCUT2D eigenvalue weighted by Gasteiger charge is -2.22. The Hall–Kier alpha value is -2.07. The van der Waals surface area contributed by atoms with E-state index in [0.29, 0.717) is 10.8 Å². The first kappa shape index (κ1) is 13.9. The Balaban J connectivity index is 1.99. The molecule has 2 aromatic carbocycles. The Kier molecular flexibility index (Phi) is 3.55. The summed E-state index contributed by atoms with van der Waals surface area (Å²) in [7, 11) is 3.25. The number of nitrogen functional groups attached to an aromatic ring is 1. The number of benzene rings is 2. The normalized spacial score (nSPS) is 13.2. The first-order valence-corrected chi connectivity index (χ1v) is 7.04. The molecule has 21 heavy (non-hydrogen) atoms. The second-order valence-corrected chi connectivity index (χ2v) is 5.45. The van der Waals surface area contributed by atoms with Crippen molar-refractivity contribution in [1.82, 2.24) is 0 Å². The van der Waals surface area contributed by atoms with Crippen molar-refractivity contribution in [2.75, 3.05) is 24.9 Å². The standard InChI is InChI=1S/C16H17ClN2O2/c1-20-15-7-14(16(21-2)6-13(15)17)19-8-10-3-4-12(18)5-11(10)9-19/h3-7H,8-9,18H2,1-2H3. The maximum atomic E-state index is 6.16. The van der Waals surface area contributed by atoms with Gasteiger partial charge in [0.2, 0.25) is 0 Å². The Bertz CT molecular complexity index is 688. The third-order valence-electron chi connectivity index (χ3n) is 3.75. The Morgan fingerprint density at radius 1 is 1.00 bits per heavy atom. The highest BCUT2D eigenvalue weighted by molar-refractivity contribution is 6.32. The molecule has 0 amide bonds. The number of anilines is 2. The summed E-state index contributed by atoms with van der Waals surface area (Å²) >= 11 is 6.16. The molecule has 0 saturated heterocycles. The number of fused-ring (bicyclic) bond motifs is 1. The van der Waals surface area contributed by atoms with E-state index in [4.69, 9.17) is 26.8 Å². The molecule has 1 aliphatic rings. The summed E-state index contributed by atoms with van der Waals surface area (Å²) in [5.41, 5.74) is 10.1. The number of rotatable bonds is 3. The first-order valence-electron chi connectivity index (χ1n) is 6.66. The van der Waals surface area contributed by atoms with Crippen molar-refractivity contribution in [2.45, 2.75) is 13.1 Å². The van der Waals surface area contributed by atoms with Crippen LogP contribution in [0.2, 0.25) is 5.02 Å². The minimum Gasteiger partial charge on any atom is -0.495 e. The minimum absolute atomic E-state index is 0.541. The highest BCUT2D eigenvalue weighted by atomic mass is 35.5. The van der Waals surface area contributed by atoms with E-state index < -0.39 is 0 Å². The van der Waals surface area contributed by atoms with E-state index in [1.54, 1.807) is 20.3 Å². The second-order valence-electron chi connectivity index (χ2n) is 5.04. The lowest BCUT2D eigenvalue weighted by atomic mass is 10.1. The maximum Gasteiger partial charge on any atom is 0.143 e. The highest BCUT2D eigenvalue weighted by Crippen LogP contribution is 2.41. The Morgan fingerprint density at radius 3 is 2.43 bits per heavy atom. The number of halogens is 1. The van der Waals surface area contributed by atoms with Crippen LogP contribution in [0.1, 0.15) is 11.1 Å². The van der Waals surface area contributed by atoms with E-state index in [-0.39, 0.29) is 0 Å². The van der Waals surface area contributed by atoms with Gasteiger partial charge in [0.15, 0.2) is 0 Å². The first-order chi connectivity index (χ1) is 10.1. The summed E-state index contributed by atoms with van der Waals surface area (Å²) in [6.45, 7) is 1.61. The molecule has 0 aromatic heterocycles. The van der Waals surface area contributed by atoms with Crippen molar-refractivity contribution in [3.8, 4) is 11.5 Å². The molecular weight excluding hydrogens is 288 g/mol. The molecule has 0 saturated carbocycles. The van der Waals surface area contributed by atoms with Gasteiger partial charge in [-0.1, -0.05) is 17.7 Å². The summed E-state index contributed by atoms with van der Waals surface area (Å²) in [6, 6.07) is 9.73. The van der Waals surface area contributed by atoms with Crippen LogP contribution >= 0.6 is 11.6 Å². The quantitative estimate of drug-likeness (QED) is 0.882. The lowest BCUT2D eigenvalue weighted by molar-refractivity contribution is 0.403. The third kappa shape index (κ3) is 2.47.